The van der Waals surface area contributed by atoms with Crippen molar-refractivity contribution in [2.45, 2.75) is 37.4 Å². The van der Waals surface area contributed by atoms with Crippen LogP contribution in [0.25, 0.3) is 11.2 Å². The summed E-state index contributed by atoms with van der Waals surface area (Å²) in [4.78, 5) is 33.7. The van der Waals surface area contributed by atoms with E-state index >= 15 is 0 Å². The van der Waals surface area contributed by atoms with Gasteiger partial charge in [-0.2, -0.15) is 8.42 Å². The van der Waals surface area contributed by atoms with Crippen LogP contribution < -0.4 is 10.5 Å². The molecular weight excluding hydrogens is 428 g/mol. The molecule has 4 atom stereocenters. The number of aliphatic carboxylic acids is 1. The molecule has 0 aliphatic carbocycles. The number of fused-ring (bicyclic) bond motifs is 1. The zero-order chi connectivity index (χ0) is 22.1. The van der Waals surface area contributed by atoms with E-state index in [4.69, 9.17) is 15.6 Å². The minimum Gasteiger partial charge on any atom is -0.481 e. The number of aliphatic hydroxyl groups excluding tert-OH is 2. The van der Waals surface area contributed by atoms with Crippen LogP contribution in [0.3, 0.4) is 0 Å². The summed E-state index contributed by atoms with van der Waals surface area (Å²) in [6.07, 6.45) is -4.18. The normalized spacial score (nSPS) is 24.2. The molecule has 2 aromatic heterocycles. The van der Waals surface area contributed by atoms with Crippen LogP contribution in [0.5, 0.6) is 0 Å². The number of carboxylic acids is 1. The number of ether oxygens (including phenoxy) is 1. The Hall–Kier alpha value is -2.92. The standard InChI is InChI=1S/C14H18N6O9S/c15-12-9-13(17-4-16-12)20(5-18-9)14-11(25)10(24)6(29-14)3-28-30(26,27)19-7(21)1-2-8(22)23/h4-6,10-11,14,24-25H,1-3H2,(H,19,21)(H,22,23)(H2,15,16,17)/t6-,10-,11-,14-/m1/s1. The zero-order valence-corrected chi connectivity index (χ0v) is 16.0. The minimum atomic E-state index is -4.59. The van der Waals surface area contributed by atoms with Crippen molar-refractivity contribution in [3.63, 3.8) is 0 Å². The third-order valence-electron chi connectivity index (χ3n) is 4.19. The largest absolute Gasteiger partial charge is 0.481 e. The third kappa shape index (κ3) is 4.62. The highest BCUT2D eigenvalue weighted by Crippen LogP contribution is 2.32. The molecular formula is C14H18N6O9S. The maximum Gasteiger partial charge on any atom is 0.362 e. The van der Waals surface area contributed by atoms with E-state index in [1.54, 1.807) is 0 Å². The Balaban J connectivity index is 1.65. The van der Waals surface area contributed by atoms with Crippen LogP contribution in [-0.2, 0) is 28.8 Å². The van der Waals surface area contributed by atoms with Crippen LogP contribution in [0.4, 0.5) is 5.82 Å². The number of imidazole rings is 1. The van der Waals surface area contributed by atoms with E-state index in [0.717, 1.165) is 0 Å². The molecule has 0 spiro atoms. The minimum absolute atomic E-state index is 0.0939. The van der Waals surface area contributed by atoms with E-state index in [1.807, 2.05) is 0 Å². The number of aromatic nitrogens is 4. The predicted octanol–water partition coefficient (Wildman–Crippen LogP) is -2.73. The Morgan fingerprint density at radius 3 is 2.67 bits per heavy atom. The number of aliphatic hydroxyl groups is 2. The summed E-state index contributed by atoms with van der Waals surface area (Å²) in [5.41, 5.74) is 6.16. The second-order valence-corrected chi connectivity index (χ2v) is 7.63. The molecule has 16 heteroatoms. The molecule has 0 unspecified atom stereocenters. The number of nitrogens with zero attached hydrogens (tertiary/aromatic N) is 4. The molecule has 1 aliphatic rings. The smallest absolute Gasteiger partial charge is 0.362 e. The summed E-state index contributed by atoms with van der Waals surface area (Å²) >= 11 is 0. The fourth-order valence-electron chi connectivity index (χ4n) is 2.75. The Bertz CT molecular complexity index is 1060. The van der Waals surface area contributed by atoms with Crippen molar-refractivity contribution in [3.8, 4) is 0 Å². The van der Waals surface area contributed by atoms with E-state index in [-0.39, 0.29) is 17.0 Å². The molecule has 30 heavy (non-hydrogen) atoms. The molecule has 3 rings (SSSR count). The highest BCUT2D eigenvalue weighted by atomic mass is 32.2. The van der Waals surface area contributed by atoms with Gasteiger partial charge in [0, 0.05) is 6.42 Å². The number of nitrogens with one attached hydrogen (secondary N) is 1. The maximum atomic E-state index is 11.8. The van der Waals surface area contributed by atoms with Gasteiger partial charge < -0.3 is 25.8 Å². The highest BCUT2D eigenvalue weighted by Gasteiger charge is 2.45. The Kier molecular flexibility index (Phi) is 6.13. The molecule has 6 N–H and O–H groups in total. The number of amides is 1. The van der Waals surface area contributed by atoms with Crippen molar-refractivity contribution in [1.29, 1.82) is 0 Å². The molecule has 3 heterocycles. The van der Waals surface area contributed by atoms with E-state index in [9.17, 15) is 28.2 Å². The predicted molar refractivity (Wildman–Crippen MR) is 95.5 cm³/mol. The number of carbonyl (C=O) groups excluding carboxylic acids is 1. The molecule has 1 aliphatic heterocycles. The van der Waals surface area contributed by atoms with Gasteiger partial charge in [-0.15, -0.1) is 0 Å². The Labute approximate surface area is 168 Å². The van der Waals surface area contributed by atoms with Crippen molar-refractivity contribution in [2.24, 2.45) is 0 Å². The molecule has 1 saturated heterocycles. The maximum absolute atomic E-state index is 11.8. The van der Waals surface area contributed by atoms with Gasteiger partial charge in [-0.3, -0.25) is 18.3 Å². The number of carboxylic acid groups (broad SMARTS) is 1. The summed E-state index contributed by atoms with van der Waals surface area (Å²) in [5, 5.41) is 29.0. The Morgan fingerprint density at radius 2 is 1.97 bits per heavy atom. The van der Waals surface area contributed by atoms with Gasteiger partial charge in [-0.05, 0) is 0 Å². The first-order valence-electron chi connectivity index (χ1n) is 8.45. The monoisotopic (exact) mass is 446 g/mol. The lowest BCUT2D eigenvalue weighted by atomic mass is 10.1. The van der Waals surface area contributed by atoms with E-state index in [2.05, 4.69) is 19.1 Å². The lowest BCUT2D eigenvalue weighted by Gasteiger charge is -2.16. The number of nitrogen functional groups attached to an aromatic ring is 1. The van der Waals surface area contributed by atoms with E-state index < -0.39 is 66.2 Å². The van der Waals surface area contributed by atoms with Gasteiger partial charge >= 0.3 is 16.3 Å². The third-order valence-corrected chi connectivity index (χ3v) is 5.11. The highest BCUT2D eigenvalue weighted by molar-refractivity contribution is 7.85. The van der Waals surface area contributed by atoms with E-state index in [0.29, 0.717) is 0 Å². The van der Waals surface area contributed by atoms with Crippen LogP contribution in [0.2, 0.25) is 0 Å². The van der Waals surface area contributed by atoms with Crippen LogP contribution in [0.1, 0.15) is 19.1 Å². The lowest BCUT2D eigenvalue weighted by molar-refractivity contribution is -0.138. The first-order chi connectivity index (χ1) is 14.1. The number of rotatable bonds is 8. The topological polar surface area (TPSA) is 229 Å². The average molecular weight is 446 g/mol. The second kappa shape index (κ2) is 8.44. The quantitative estimate of drug-likeness (QED) is 0.278. The van der Waals surface area contributed by atoms with Crippen molar-refractivity contribution in [1.82, 2.24) is 24.2 Å². The molecule has 15 nitrogen and oxygen atoms in total. The summed E-state index contributed by atoms with van der Waals surface area (Å²) in [6, 6.07) is 0. The number of hydrogen-bond donors (Lipinski definition) is 5. The fourth-order valence-corrected chi connectivity index (χ4v) is 3.50. The molecule has 1 fully saturated rings. The van der Waals surface area contributed by atoms with Gasteiger partial charge in [0.15, 0.2) is 17.7 Å². The van der Waals surface area contributed by atoms with Gasteiger partial charge in [0.05, 0.1) is 19.4 Å². The molecule has 1 amide bonds. The summed E-state index contributed by atoms with van der Waals surface area (Å²) in [5.74, 6) is -2.26. The second-order valence-electron chi connectivity index (χ2n) is 6.29. The number of carbonyl (C=O) groups is 2. The first-order valence-corrected chi connectivity index (χ1v) is 9.86. The van der Waals surface area contributed by atoms with Crippen LogP contribution in [0, 0.1) is 0 Å². The molecule has 164 valence electrons. The molecule has 0 saturated carbocycles. The zero-order valence-electron chi connectivity index (χ0n) is 15.2. The van der Waals surface area contributed by atoms with Gasteiger partial charge in [0.25, 0.3) is 0 Å². The SMILES string of the molecule is Nc1ncnc2c1ncn2[C@@H]1O[C@H](COS(=O)(=O)NC(=O)CCC(=O)O)[C@@H](O)[C@H]1O. The van der Waals surface area contributed by atoms with Crippen molar-refractivity contribution >= 4 is 39.2 Å². The molecule has 0 aromatic carbocycles. The number of nitrogens with two attached hydrogens (primary N) is 1. The van der Waals surface area contributed by atoms with Crippen molar-refractivity contribution < 1.29 is 42.2 Å². The van der Waals surface area contributed by atoms with Gasteiger partial charge in [-0.1, -0.05) is 0 Å². The molecule has 0 bridgehead atoms. The van der Waals surface area contributed by atoms with E-state index in [1.165, 1.54) is 21.9 Å². The number of anilines is 1. The van der Waals surface area contributed by atoms with Gasteiger partial charge in [0.2, 0.25) is 5.91 Å². The molecule has 0 radical (unpaired) electrons. The Morgan fingerprint density at radius 1 is 1.23 bits per heavy atom. The summed E-state index contributed by atoms with van der Waals surface area (Å²) < 4.78 is 36.5. The molecule has 2 aromatic rings. The fraction of sp³-hybridized carbons (Fsp3) is 0.500. The number of hydrogen-bond acceptors (Lipinski definition) is 12. The first kappa shape index (κ1) is 21.8. The van der Waals surface area contributed by atoms with Crippen LogP contribution in [0.15, 0.2) is 12.7 Å². The van der Waals surface area contributed by atoms with Gasteiger partial charge in [0.1, 0.15) is 30.2 Å². The van der Waals surface area contributed by atoms with Crippen molar-refractivity contribution in [3.05, 3.63) is 12.7 Å². The van der Waals surface area contributed by atoms with Crippen LogP contribution in [-0.4, -0.2) is 80.1 Å². The van der Waals surface area contributed by atoms with Crippen LogP contribution >= 0.6 is 0 Å². The summed E-state index contributed by atoms with van der Waals surface area (Å²) in [7, 11) is -4.59. The lowest BCUT2D eigenvalue weighted by Crippen LogP contribution is -2.37. The summed E-state index contributed by atoms with van der Waals surface area (Å²) in [6.45, 7) is -0.736. The van der Waals surface area contributed by atoms with Gasteiger partial charge in [-0.25, -0.2) is 19.7 Å². The average Bonchev–Trinajstić information content (AvgIpc) is 3.21. The van der Waals surface area contributed by atoms with Crippen molar-refractivity contribution in [2.75, 3.05) is 12.3 Å².